The summed E-state index contributed by atoms with van der Waals surface area (Å²) in [4.78, 5) is 15.5. The number of hydrogen-bond donors (Lipinski definition) is 1. The van der Waals surface area contributed by atoms with E-state index in [4.69, 9.17) is 15.2 Å². The van der Waals surface area contributed by atoms with Crippen LogP contribution in [0.1, 0.15) is 26.7 Å². The van der Waals surface area contributed by atoms with Gasteiger partial charge in [-0.05, 0) is 25.5 Å². The third-order valence-corrected chi connectivity index (χ3v) is 2.17. The minimum absolute atomic E-state index is 0.276. The highest BCUT2D eigenvalue weighted by molar-refractivity contribution is 5.75. The van der Waals surface area contributed by atoms with Crippen LogP contribution in [0.15, 0.2) is 18.3 Å². The first kappa shape index (κ1) is 13.3. The lowest BCUT2D eigenvalue weighted by Gasteiger charge is -2.17. The Morgan fingerprint density at radius 3 is 2.88 bits per heavy atom. The molecule has 17 heavy (non-hydrogen) atoms. The van der Waals surface area contributed by atoms with Crippen molar-refractivity contribution in [1.29, 1.82) is 0 Å². The topological polar surface area (TPSA) is 74.4 Å². The molecule has 94 valence electrons. The zero-order chi connectivity index (χ0) is 12.7. The highest BCUT2D eigenvalue weighted by Crippen LogP contribution is 2.20. The number of rotatable bonds is 6. The number of hydrogen-bond acceptors (Lipinski definition) is 5. The summed E-state index contributed by atoms with van der Waals surface area (Å²) in [7, 11) is 0. The van der Waals surface area contributed by atoms with Crippen LogP contribution >= 0.6 is 0 Å². The molecule has 5 nitrogen and oxygen atoms in total. The fourth-order valence-electron chi connectivity index (χ4n) is 1.38. The summed E-state index contributed by atoms with van der Waals surface area (Å²) in [5, 5.41) is 0. The van der Waals surface area contributed by atoms with Gasteiger partial charge in [-0.25, -0.2) is 9.78 Å². The van der Waals surface area contributed by atoms with Crippen molar-refractivity contribution < 1.29 is 14.3 Å². The van der Waals surface area contributed by atoms with E-state index < -0.39 is 6.10 Å². The average Bonchev–Trinajstić information content (AvgIpc) is 2.31. The number of carbonyl (C=O) groups is 1. The van der Waals surface area contributed by atoms with Crippen LogP contribution in [0.5, 0.6) is 5.75 Å². The zero-order valence-corrected chi connectivity index (χ0v) is 10.2. The third-order valence-electron chi connectivity index (χ3n) is 2.17. The Balaban J connectivity index is 2.73. The number of aromatic nitrogens is 1. The molecule has 1 aromatic heterocycles. The number of esters is 1. The molecule has 0 spiro atoms. The van der Waals surface area contributed by atoms with Crippen molar-refractivity contribution in [2.45, 2.75) is 32.8 Å². The number of ether oxygens (including phenoxy) is 2. The van der Waals surface area contributed by atoms with Gasteiger partial charge in [-0.2, -0.15) is 0 Å². The van der Waals surface area contributed by atoms with Crippen molar-refractivity contribution >= 4 is 11.8 Å². The summed E-state index contributed by atoms with van der Waals surface area (Å²) in [5.74, 6) is 0.328. The van der Waals surface area contributed by atoms with Crippen molar-refractivity contribution in [3.8, 4) is 5.75 Å². The lowest BCUT2D eigenvalue weighted by molar-refractivity contribution is -0.151. The minimum atomic E-state index is -0.619. The number of nitrogen functional groups attached to an aromatic ring is 1. The molecule has 1 heterocycles. The van der Waals surface area contributed by atoms with Crippen molar-refractivity contribution in [1.82, 2.24) is 4.98 Å². The first-order valence-electron chi connectivity index (χ1n) is 5.72. The Hall–Kier alpha value is -1.78. The molecule has 1 aromatic rings. The van der Waals surface area contributed by atoms with Crippen LogP contribution in [0.2, 0.25) is 0 Å². The van der Waals surface area contributed by atoms with Gasteiger partial charge in [0.15, 0.2) is 17.7 Å². The van der Waals surface area contributed by atoms with Gasteiger partial charge in [0, 0.05) is 6.20 Å². The van der Waals surface area contributed by atoms with Crippen molar-refractivity contribution in [2.75, 3.05) is 12.3 Å². The SMILES string of the molecule is CCCC(Oc1cccnc1N)C(=O)OCC. The molecule has 0 fully saturated rings. The van der Waals surface area contributed by atoms with E-state index in [1.165, 1.54) is 0 Å². The predicted octanol–water partition coefficient (Wildman–Crippen LogP) is 1.77. The maximum Gasteiger partial charge on any atom is 0.347 e. The molecule has 0 saturated carbocycles. The minimum Gasteiger partial charge on any atom is -0.475 e. The quantitative estimate of drug-likeness (QED) is 0.764. The number of anilines is 1. The summed E-state index contributed by atoms with van der Waals surface area (Å²) in [6, 6.07) is 3.39. The van der Waals surface area contributed by atoms with Gasteiger partial charge in [0.05, 0.1) is 6.61 Å². The van der Waals surface area contributed by atoms with Gasteiger partial charge in [0.1, 0.15) is 0 Å². The predicted molar refractivity (Wildman–Crippen MR) is 64.6 cm³/mol. The van der Waals surface area contributed by atoms with Crippen LogP contribution < -0.4 is 10.5 Å². The van der Waals surface area contributed by atoms with Gasteiger partial charge < -0.3 is 15.2 Å². The van der Waals surface area contributed by atoms with Gasteiger partial charge in [-0.15, -0.1) is 0 Å². The maximum atomic E-state index is 11.6. The maximum absolute atomic E-state index is 11.6. The first-order chi connectivity index (χ1) is 8.19. The smallest absolute Gasteiger partial charge is 0.347 e. The van der Waals surface area contributed by atoms with Crippen LogP contribution in [0.3, 0.4) is 0 Å². The summed E-state index contributed by atoms with van der Waals surface area (Å²) in [5.41, 5.74) is 5.65. The number of carbonyl (C=O) groups excluding carboxylic acids is 1. The second kappa shape index (κ2) is 6.73. The summed E-state index contributed by atoms with van der Waals surface area (Å²) in [6.45, 7) is 4.08. The van der Waals surface area contributed by atoms with Gasteiger partial charge in [0.25, 0.3) is 0 Å². The fourth-order valence-corrected chi connectivity index (χ4v) is 1.38. The number of pyridine rings is 1. The molecule has 0 saturated heterocycles. The fraction of sp³-hybridized carbons (Fsp3) is 0.500. The van der Waals surface area contributed by atoms with E-state index in [0.29, 0.717) is 18.8 Å². The van der Waals surface area contributed by atoms with E-state index in [0.717, 1.165) is 6.42 Å². The lowest BCUT2D eigenvalue weighted by atomic mass is 10.2. The summed E-state index contributed by atoms with van der Waals surface area (Å²) in [6.07, 6.45) is 2.37. The highest BCUT2D eigenvalue weighted by atomic mass is 16.6. The van der Waals surface area contributed by atoms with E-state index in [9.17, 15) is 4.79 Å². The first-order valence-corrected chi connectivity index (χ1v) is 5.72. The molecule has 1 atom stereocenters. The molecule has 1 unspecified atom stereocenters. The third kappa shape index (κ3) is 3.94. The Bertz CT molecular complexity index is 369. The normalized spacial score (nSPS) is 11.9. The van der Waals surface area contributed by atoms with Crippen LogP contribution in [-0.2, 0) is 9.53 Å². The van der Waals surface area contributed by atoms with E-state index >= 15 is 0 Å². The lowest BCUT2D eigenvalue weighted by Crippen LogP contribution is -2.29. The van der Waals surface area contributed by atoms with Crippen molar-refractivity contribution in [2.24, 2.45) is 0 Å². The zero-order valence-electron chi connectivity index (χ0n) is 10.2. The van der Waals surface area contributed by atoms with Gasteiger partial charge in [-0.3, -0.25) is 0 Å². The standard InChI is InChI=1S/C12H18N2O3/c1-3-6-10(12(15)16-4-2)17-9-7-5-8-14-11(9)13/h5,7-8,10H,3-4,6H2,1-2H3,(H2,13,14). The molecule has 0 aliphatic carbocycles. The second-order valence-electron chi connectivity index (χ2n) is 3.53. The molecule has 0 aliphatic heterocycles. The van der Waals surface area contributed by atoms with Gasteiger partial charge in [-0.1, -0.05) is 13.3 Å². The molecular weight excluding hydrogens is 220 g/mol. The number of nitrogens with two attached hydrogens (primary N) is 1. The largest absolute Gasteiger partial charge is 0.475 e. The molecule has 1 rings (SSSR count). The number of nitrogens with zero attached hydrogens (tertiary/aromatic N) is 1. The molecule has 0 aliphatic rings. The Labute approximate surface area is 101 Å². The van der Waals surface area contributed by atoms with E-state index in [1.807, 2.05) is 6.92 Å². The second-order valence-corrected chi connectivity index (χ2v) is 3.53. The van der Waals surface area contributed by atoms with Crippen LogP contribution in [0.25, 0.3) is 0 Å². The van der Waals surface area contributed by atoms with E-state index in [1.54, 1.807) is 25.3 Å². The molecule has 0 amide bonds. The van der Waals surface area contributed by atoms with Crippen LogP contribution in [0, 0.1) is 0 Å². The molecule has 0 aromatic carbocycles. The van der Waals surface area contributed by atoms with Gasteiger partial charge >= 0.3 is 5.97 Å². The summed E-state index contributed by atoms with van der Waals surface area (Å²) < 4.78 is 10.5. The molecule has 0 bridgehead atoms. The molecule has 2 N–H and O–H groups in total. The monoisotopic (exact) mass is 238 g/mol. The highest BCUT2D eigenvalue weighted by Gasteiger charge is 2.21. The Morgan fingerprint density at radius 1 is 1.53 bits per heavy atom. The molecular formula is C12H18N2O3. The molecule has 5 heteroatoms. The van der Waals surface area contributed by atoms with Crippen molar-refractivity contribution in [3.63, 3.8) is 0 Å². The van der Waals surface area contributed by atoms with Crippen LogP contribution in [0.4, 0.5) is 5.82 Å². The Morgan fingerprint density at radius 2 is 2.29 bits per heavy atom. The van der Waals surface area contributed by atoms with E-state index in [2.05, 4.69) is 4.98 Å². The van der Waals surface area contributed by atoms with Crippen molar-refractivity contribution in [3.05, 3.63) is 18.3 Å². The molecule has 0 radical (unpaired) electrons. The van der Waals surface area contributed by atoms with E-state index in [-0.39, 0.29) is 11.8 Å². The van der Waals surface area contributed by atoms with Crippen LogP contribution in [-0.4, -0.2) is 23.7 Å². The van der Waals surface area contributed by atoms with Gasteiger partial charge in [0.2, 0.25) is 0 Å². The summed E-state index contributed by atoms with van der Waals surface area (Å²) >= 11 is 0. The average molecular weight is 238 g/mol. The Kier molecular flexibility index (Phi) is 5.26.